The molecule has 0 saturated heterocycles. The van der Waals surface area contributed by atoms with E-state index in [1.165, 1.54) is 17.8 Å². The van der Waals surface area contributed by atoms with E-state index in [2.05, 4.69) is 21.3 Å². The van der Waals surface area contributed by atoms with Crippen LogP contribution >= 0.6 is 34.7 Å². The third kappa shape index (κ3) is 10.2. The fourth-order valence-corrected chi connectivity index (χ4v) is 6.92. The van der Waals surface area contributed by atoms with Gasteiger partial charge in [0, 0.05) is 26.9 Å². The lowest BCUT2D eigenvalue weighted by Crippen LogP contribution is -2.30. The van der Waals surface area contributed by atoms with Crippen molar-refractivity contribution in [3.8, 4) is 0 Å². The molecule has 0 bridgehead atoms. The monoisotopic (exact) mass is 752 g/mol. The van der Waals surface area contributed by atoms with Crippen LogP contribution in [0.25, 0.3) is 6.08 Å². The SMILES string of the molecule is CCOC(=O)c1c(NC(=O)CSc2cccc(NC(=O)/C(=C/c3cccc(Cl)c3)NC(=O)c3ccccc3)c2)sc(C(=O)Nc2ccccc2)c1C. The van der Waals surface area contributed by atoms with E-state index >= 15 is 0 Å². The second-order valence-corrected chi connectivity index (χ2v) is 13.6. The van der Waals surface area contributed by atoms with E-state index in [9.17, 15) is 24.0 Å². The molecule has 52 heavy (non-hydrogen) atoms. The summed E-state index contributed by atoms with van der Waals surface area (Å²) in [6.07, 6.45) is 1.53. The van der Waals surface area contributed by atoms with Gasteiger partial charge in [-0.05, 0) is 85.6 Å². The molecule has 264 valence electrons. The zero-order valence-electron chi connectivity index (χ0n) is 28.0. The number of para-hydroxylation sites is 1. The first-order chi connectivity index (χ1) is 25.1. The highest BCUT2D eigenvalue weighted by molar-refractivity contribution is 8.00. The highest BCUT2D eigenvalue weighted by Gasteiger charge is 2.27. The van der Waals surface area contributed by atoms with Crippen LogP contribution in [0.3, 0.4) is 0 Å². The van der Waals surface area contributed by atoms with Gasteiger partial charge in [-0.2, -0.15) is 0 Å². The summed E-state index contributed by atoms with van der Waals surface area (Å²) in [7, 11) is 0. The Morgan fingerprint density at radius 3 is 2.19 bits per heavy atom. The molecule has 0 aliphatic heterocycles. The maximum absolute atomic E-state index is 13.5. The van der Waals surface area contributed by atoms with Gasteiger partial charge in [0.15, 0.2) is 0 Å². The third-order valence-corrected chi connectivity index (χ3v) is 9.70. The van der Waals surface area contributed by atoms with E-state index in [4.69, 9.17) is 16.3 Å². The Morgan fingerprint density at radius 1 is 0.788 bits per heavy atom. The average molecular weight is 753 g/mol. The molecule has 0 aliphatic rings. The summed E-state index contributed by atoms with van der Waals surface area (Å²) >= 11 is 8.34. The summed E-state index contributed by atoms with van der Waals surface area (Å²) in [5.74, 6) is -2.57. The van der Waals surface area contributed by atoms with E-state index < -0.39 is 29.6 Å². The quantitative estimate of drug-likeness (QED) is 0.0539. The van der Waals surface area contributed by atoms with Crippen LogP contribution in [0.15, 0.2) is 120 Å². The zero-order valence-corrected chi connectivity index (χ0v) is 30.4. The van der Waals surface area contributed by atoms with Crippen molar-refractivity contribution in [3.63, 3.8) is 0 Å². The fourth-order valence-electron chi connectivity index (χ4n) is 4.86. The Morgan fingerprint density at radius 2 is 1.48 bits per heavy atom. The molecule has 0 saturated carbocycles. The number of hydrogen-bond donors (Lipinski definition) is 4. The van der Waals surface area contributed by atoms with Crippen LogP contribution < -0.4 is 21.3 Å². The minimum atomic E-state index is -0.648. The van der Waals surface area contributed by atoms with Gasteiger partial charge in [-0.3, -0.25) is 19.2 Å². The van der Waals surface area contributed by atoms with Crippen molar-refractivity contribution in [1.29, 1.82) is 0 Å². The van der Waals surface area contributed by atoms with E-state index in [-0.39, 0.29) is 33.5 Å². The second kappa shape index (κ2) is 18.0. The first-order valence-corrected chi connectivity index (χ1v) is 18.1. The van der Waals surface area contributed by atoms with Crippen molar-refractivity contribution in [2.24, 2.45) is 0 Å². The van der Waals surface area contributed by atoms with Crippen molar-refractivity contribution in [2.75, 3.05) is 28.3 Å². The Hall–Kier alpha value is -5.69. The number of carbonyl (C=O) groups excluding carboxylic acids is 5. The molecule has 5 rings (SSSR count). The average Bonchev–Trinajstić information content (AvgIpc) is 3.46. The first-order valence-electron chi connectivity index (χ1n) is 16.0. The number of anilines is 3. The van der Waals surface area contributed by atoms with Crippen LogP contribution in [0.2, 0.25) is 5.02 Å². The van der Waals surface area contributed by atoms with Crippen molar-refractivity contribution in [1.82, 2.24) is 5.32 Å². The highest BCUT2D eigenvalue weighted by atomic mass is 35.5. The summed E-state index contributed by atoms with van der Waals surface area (Å²) in [4.78, 5) is 66.6. The zero-order chi connectivity index (χ0) is 37.0. The molecule has 1 heterocycles. The Labute approximate surface area is 313 Å². The molecular formula is C39H33ClN4O6S2. The number of thioether (sulfide) groups is 1. The van der Waals surface area contributed by atoms with Gasteiger partial charge in [-0.1, -0.05) is 66.2 Å². The van der Waals surface area contributed by atoms with Gasteiger partial charge in [0.25, 0.3) is 17.7 Å². The predicted molar refractivity (Wildman–Crippen MR) is 207 cm³/mol. The van der Waals surface area contributed by atoms with Gasteiger partial charge in [0.2, 0.25) is 5.91 Å². The molecule has 5 aromatic rings. The van der Waals surface area contributed by atoms with Crippen molar-refractivity contribution in [2.45, 2.75) is 18.7 Å². The van der Waals surface area contributed by atoms with Crippen LogP contribution in [0.4, 0.5) is 16.4 Å². The van der Waals surface area contributed by atoms with Gasteiger partial charge in [-0.15, -0.1) is 23.1 Å². The molecule has 0 atom stereocenters. The number of rotatable bonds is 13. The van der Waals surface area contributed by atoms with E-state index in [1.54, 1.807) is 117 Å². The van der Waals surface area contributed by atoms with Crippen LogP contribution in [0.5, 0.6) is 0 Å². The van der Waals surface area contributed by atoms with E-state index in [1.807, 2.05) is 6.07 Å². The van der Waals surface area contributed by atoms with Gasteiger partial charge < -0.3 is 26.0 Å². The topological polar surface area (TPSA) is 143 Å². The lowest BCUT2D eigenvalue weighted by atomic mass is 10.1. The highest BCUT2D eigenvalue weighted by Crippen LogP contribution is 2.35. The largest absolute Gasteiger partial charge is 0.462 e. The minimum Gasteiger partial charge on any atom is -0.462 e. The molecule has 0 spiro atoms. The summed E-state index contributed by atoms with van der Waals surface area (Å²) < 4.78 is 5.23. The van der Waals surface area contributed by atoms with Crippen molar-refractivity contribution >= 4 is 86.7 Å². The van der Waals surface area contributed by atoms with Crippen molar-refractivity contribution in [3.05, 3.63) is 147 Å². The first kappa shape index (κ1) is 37.6. The third-order valence-electron chi connectivity index (χ3n) is 7.27. The molecule has 4 aromatic carbocycles. The molecule has 0 aliphatic carbocycles. The maximum Gasteiger partial charge on any atom is 0.341 e. The number of benzene rings is 4. The predicted octanol–water partition coefficient (Wildman–Crippen LogP) is 8.28. The summed E-state index contributed by atoms with van der Waals surface area (Å²) in [5, 5.41) is 11.8. The smallest absolute Gasteiger partial charge is 0.341 e. The maximum atomic E-state index is 13.5. The van der Waals surface area contributed by atoms with Crippen LogP contribution in [-0.2, 0) is 14.3 Å². The lowest BCUT2D eigenvalue weighted by Gasteiger charge is -2.12. The number of nitrogens with one attached hydrogen (secondary N) is 4. The van der Waals surface area contributed by atoms with Gasteiger partial charge in [0.05, 0.1) is 22.8 Å². The number of carbonyl (C=O) groups is 5. The summed E-state index contributed by atoms with van der Waals surface area (Å²) in [5.41, 5.74) is 2.51. The molecule has 4 amide bonds. The standard InChI is InChI=1S/C39H33ClN4O6S2/c1-3-50-39(49)33-24(2)34(37(48)41-28-16-8-5-9-17-28)52-38(33)44-32(45)23-51-30-19-11-18-29(22-30)42-36(47)31(21-25-12-10-15-27(40)20-25)43-35(46)26-13-6-4-7-14-26/h4-22H,3,23H2,1-2H3,(H,41,48)(H,42,47)(H,43,46)(H,44,45)/b31-21-. The van der Waals surface area contributed by atoms with E-state index in [0.29, 0.717) is 38.0 Å². The molecular weight excluding hydrogens is 720 g/mol. The number of esters is 1. The number of ether oxygens (including phenoxy) is 1. The number of amides is 4. The summed E-state index contributed by atoms with van der Waals surface area (Å²) in [6.45, 7) is 3.42. The number of halogens is 1. The number of hydrogen-bond acceptors (Lipinski definition) is 8. The van der Waals surface area contributed by atoms with Crippen LogP contribution in [0, 0.1) is 6.92 Å². The molecule has 0 fully saturated rings. The van der Waals surface area contributed by atoms with Crippen molar-refractivity contribution < 1.29 is 28.7 Å². The number of thiophene rings is 1. The molecule has 4 N–H and O–H groups in total. The summed E-state index contributed by atoms with van der Waals surface area (Å²) in [6, 6.07) is 31.1. The fraction of sp³-hybridized carbons (Fsp3) is 0.103. The van der Waals surface area contributed by atoms with E-state index in [0.717, 1.165) is 11.3 Å². The molecule has 0 unspecified atom stereocenters. The second-order valence-electron chi connectivity index (χ2n) is 11.1. The molecule has 1 aromatic heterocycles. The molecule has 13 heteroatoms. The Balaban J connectivity index is 1.27. The Kier molecular flexibility index (Phi) is 13.0. The van der Waals surface area contributed by atoms with Gasteiger partial charge in [0.1, 0.15) is 10.7 Å². The van der Waals surface area contributed by atoms with Crippen LogP contribution in [0.1, 0.15) is 48.4 Å². The van der Waals surface area contributed by atoms with Gasteiger partial charge >= 0.3 is 5.97 Å². The molecule has 0 radical (unpaired) electrons. The van der Waals surface area contributed by atoms with Gasteiger partial charge in [-0.25, -0.2) is 4.79 Å². The Bertz CT molecular complexity index is 2140. The normalized spacial score (nSPS) is 10.9. The lowest BCUT2D eigenvalue weighted by molar-refractivity contribution is -0.114. The van der Waals surface area contributed by atoms with Crippen LogP contribution in [-0.4, -0.2) is 42.0 Å². The minimum absolute atomic E-state index is 0.00554. The molecule has 10 nitrogen and oxygen atoms in total.